The first-order valence-corrected chi connectivity index (χ1v) is 10.3. The second-order valence-corrected chi connectivity index (χ2v) is 8.63. The average Bonchev–Trinajstić information content (AvgIpc) is 2.67. The minimum atomic E-state index is -0.657. The summed E-state index contributed by atoms with van der Waals surface area (Å²) in [5, 5.41) is 0. The lowest BCUT2D eigenvalue weighted by molar-refractivity contribution is 0.481. The molecule has 2 heterocycles. The van der Waals surface area contributed by atoms with Crippen LogP contribution in [0.1, 0.15) is 27.7 Å². The Hall–Kier alpha value is -3.70. The van der Waals surface area contributed by atoms with E-state index in [1.807, 2.05) is 86.0 Å². The van der Waals surface area contributed by atoms with Crippen molar-refractivity contribution in [2.75, 3.05) is 9.80 Å². The molecule has 2 aromatic rings. The standard InChI is InChI=1S/C22H28N10O.2ClH/c1-21(2)29-17(23)27-19(25)31(21)13-5-9-15(10-6-13)33-16-11-7-14(8-12-16)32-20(26)28-18(24)30-22(32,3)4;;/h5-12H,1-4H3,(H4,23,25,27,29)(H4,24,26,28,30);2*1H. The number of anilines is 2. The molecule has 0 fully saturated rings. The molecule has 0 amide bonds. The zero-order valence-electron chi connectivity index (χ0n) is 19.8. The molecule has 0 spiro atoms. The van der Waals surface area contributed by atoms with Gasteiger partial charge in [0, 0.05) is 11.4 Å². The Morgan fingerprint density at radius 1 is 0.600 bits per heavy atom. The third-order valence-corrected chi connectivity index (χ3v) is 5.21. The van der Waals surface area contributed by atoms with Crippen LogP contribution in [0.25, 0.3) is 0 Å². The molecule has 0 saturated carbocycles. The SMILES string of the molecule is CC1(C)N=C(N)N=C(N)N1c1ccc(Oc2ccc(N3C(N)=NC(N)=NC3(C)C)cc2)cc1.Cl.Cl. The highest BCUT2D eigenvalue weighted by molar-refractivity contribution is 6.06. The predicted molar refractivity (Wildman–Crippen MR) is 147 cm³/mol. The number of benzene rings is 2. The molecule has 0 aliphatic carbocycles. The molecule has 2 aromatic carbocycles. The van der Waals surface area contributed by atoms with Gasteiger partial charge in [-0.25, -0.2) is 9.98 Å². The van der Waals surface area contributed by atoms with Crippen molar-refractivity contribution >= 4 is 60.0 Å². The van der Waals surface area contributed by atoms with Gasteiger partial charge in [0.15, 0.2) is 0 Å². The van der Waals surface area contributed by atoms with Crippen LogP contribution in [0.3, 0.4) is 0 Å². The van der Waals surface area contributed by atoms with Crippen molar-refractivity contribution in [1.29, 1.82) is 0 Å². The topological polar surface area (TPSA) is 169 Å². The highest BCUT2D eigenvalue weighted by Gasteiger charge is 2.34. The van der Waals surface area contributed by atoms with E-state index in [0.717, 1.165) is 11.4 Å². The third kappa shape index (κ3) is 5.52. The first kappa shape index (κ1) is 27.5. The Kier molecular flexibility index (Phi) is 7.78. The van der Waals surface area contributed by atoms with Crippen molar-refractivity contribution in [2.45, 2.75) is 39.0 Å². The Morgan fingerprint density at radius 3 is 1.20 bits per heavy atom. The minimum Gasteiger partial charge on any atom is -0.457 e. The lowest BCUT2D eigenvalue weighted by atomic mass is 10.1. The summed E-state index contributed by atoms with van der Waals surface area (Å²) in [7, 11) is 0. The summed E-state index contributed by atoms with van der Waals surface area (Å²) in [6, 6.07) is 15.0. The molecule has 0 radical (unpaired) electrons. The maximum absolute atomic E-state index is 6.10. The first-order valence-electron chi connectivity index (χ1n) is 10.3. The Labute approximate surface area is 216 Å². The van der Waals surface area contributed by atoms with E-state index in [-0.39, 0.29) is 48.7 Å². The summed E-state index contributed by atoms with van der Waals surface area (Å²) in [4.78, 5) is 20.5. The van der Waals surface area contributed by atoms with Gasteiger partial charge in [-0.05, 0) is 76.2 Å². The van der Waals surface area contributed by atoms with Crippen LogP contribution in [0.5, 0.6) is 11.5 Å². The highest BCUT2D eigenvalue weighted by Crippen LogP contribution is 2.32. The van der Waals surface area contributed by atoms with E-state index >= 15 is 0 Å². The second kappa shape index (κ2) is 9.88. The van der Waals surface area contributed by atoms with E-state index in [9.17, 15) is 0 Å². The molecular formula is C22H30Cl2N10O. The number of guanidine groups is 4. The fraction of sp³-hybridized carbons (Fsp3) is 0.273. The number of halogens is 2. The number of hydrogen-bond acceptors (Lipinski definition) is 11. The molecule has 0 unspecified atom stereocenters. The molecule has 188 valence electrons. The molecule has 35 heavy (non-hydrogen) atoms. The summed E-state index contributed by atoms with van der Waals surface area (Å²) in [5.74, 6) is 2.22. The van der Waals surface area contributed by atoms with Gasteiger partial charge < -0.3 is 27.7 Å². The van der Waals surface area contributed by atoms with Crippen molar-refractivity contribution in [3.8, 4) is 11.5 Å². The van der Waals surface area contributed by atoms with E-state index in [1.54, 1.807) is 0 Å². The van der Waals surface area contributed by atoms with Crippen molar-refractivity contribution in [3.05, 3.63) is 48.5 Å². The van der Waals surface area contributed by atoms with Crippen LogP contribution >= 0.6 is 24.8 Å². The van der Waals surface area contributed by atoms with Gasteiger partial charge >= 0.3 is 0 Å². The zero-order chi connectivity index (χ0) is 24.0. The molecule has 13 heteroatoms. The summed E-state index contributed by atoms with van der Waals surface area (Å²) in [6.45, 7) is 7.64. The molecule has 0 aromatic heterocycles. The van der Waals surface area contributed by atoms with E-state index in [1.165, 1.54) is 0 Å². The van der Waals surface area contributed by atoms with Gasteiger partial charge in [-0.15, -0.1) is 24.8 Å². The van der Waals surface area contributed by atoms with Gasteiger partial charge in [0.25, 0.3) is 0 Å². The molecular weight excluding hydrogens is 491 g/mol. The van der Waals surface area contributed by atoms with Gasteiger partial charge in [0.1, 0.15) is 22.8 Å². The molecule has 0 atom stereocenters. The molecule has 2 aliphatic rings. The minimum absolute atomic E-state index is 0. The molecule has 0 saturated heterocycles. The van der Waals surface area contributed by atoms with Crippen LogP contribution < -0.4 is 37.5 Å². The number of nitrogens with zero attached hydrogens (tertiary/aromatic N) is 6. The quantitative estimate of drug-likeness (QED) is 0.479. The van der Waals surface area contributed by atoms with Crippen molar-refractivity contribution in [3.63, 3.8) is 0 Å². The molecule has 11 nitrogen and oxygen atoms in total. The number of hydrogen-bond donors (Lipinski definition) is 4. The van der Waals surface area contributed by atoms with E-state index < -0.39 is 11.3 Å². The van der Waals surface area contributed by atoms with Crippen LogP contribution in [-0.4, -0.2) is 35.2 Å². The lowest BCUT2D eigenvalue weighted by Gasteiger charge is -2.38. The van der Waals surface area contributed by atoms with Crippen LogP contribution in [0.2, 0.25) is 0 Å². The van der Waals surface area contributed by atoms with Crippen molar-refractivity contribution < 1.29 is 4.74 Å². The number of ether oxygens (including phenoxy) is 1. The zero-order valence-corrected chi connectivity index (χ0v) is 21.5. The van der Waals surface area contributed by atoms with Crippen molar-refractivity contribution in [1.82, 2.24) is 0 Å². The summed E-state index contributed by atoms with van der Waals surface area (Å²) in [6.07, 6.45) is 0. The number of rotatable bonds is 4. The third-order valence-electron chi connectivity index (χ3n) is 5.21. The maximum atomic E-state index is 6.10. The number of aliphatic imine (C=N–C) groups is 4. The molecule has 0 bridgehead atoms. The largest absolute Gasteiger partial charge is 0.457 e. The highest BCUT2D eigenvalue weighted by atomic mass is 35.5. The normalized spacial score (nSPS) is 18.2. The van der Waals surface area contributed by atoms with E-state index in [2.05, 4.69) is 20.0 Å². The monoisotopic (exact) mass is 520 g/mol. The lowest BCUT2D eigenvalue weighted by Crippen LogP contribution is -2.54. The van der Waals surface area contributed by atoms with Gasteiger partial charge in [-0.3, -0.25) is 9.80 Å². The van der Waals surface area contributed by atoms with Crippen LogP contribution in [0, 0.1) is 0 Å². The van der Waals surface area contributed by atoms with Gasteiger partial charge in [-0.1, -0.05) is 0 Å². The molecule has 2 aliphatic heterocycles. The predicted octanol–water partition coefficient (Wildman–Crippen LogP) is 2.69. The van der Waals surface area contributed by atoms with E-state index in [4.69, 9.17) is 27.7 Å². The summed E-state index contributed by atoms with van der Waals surface area (Å²) >= 11 is 0. The fourth-order valence-electron chi connectivity index (χ4n) is 3.97. The van der Waals surface area contributed by atoms with Crippen LogP contribution in [0.15, 0.2) is 68.5 Å². The Balaban J connectivity index is 0.00000216. The Bertz CT molecular complexity index is 1090. The van der Waals surface area contributed by atoms with Crippen LogP contribution in [0.4, 0.5) is 11.4 Å². The van der Waals surface area contributed by atoms with E-state index in [0.29, 0.717) is 11.5 Å². The average molecular weight is 521 g/mol. The second-order valence-electron chi connectivity index (χ2n) is 8.63. The van der Waals surface area contributed by atoms with Gasteiger partial charge in [0.05, 0.1) is 0 Å². The van der Waals surface area contributed by atoms with Gasteiger partial charge in [-0.2, -0.15) is 9.98 Å². The van der Waals surface area contributed by atoms with Crippen molar-refractivity contribution in [2.24, 2.45) is 42.9 Å². The fourth-order valence-corrected chi connectivity index (χ4v) is 3.97. The Morgan fingerprint density at radius 2 is 0.914 bits per heavy atom. The smallest absolute Gasteiger partial charge is 0.220 e. The van der Waals surface area contributed by atoms with Crippen LogP contribution in [-0.2, 0) is 0 Å². The summed E-state index contributed by atoms with van der Waals surface area (Å²) < 4.78 is 6.00. The molecule has 4 rings (SSSR count). The number of nitrogens with two attached hydrogens (primary N) is 4. The van der Waals surface area contributed by atoms with Gasteiger partial charge in [0.2, 0.25) is 23.8 Å². The first-order chi connectivity index (χ1) is 15.5. The summed E-state index contributed by atoms with van der Waals surface area (Å²) in [5.41, 5.74) is 24.0. The molecule has 8 N–H and O–H groups in total. The maximum Gasteiger partial charge on any atom is 0.220 e.